The average Bonchev–Trinajstić information content (AvgIpc) is 2.18. The summed E-state index contributed by atoms with van der Waals surface area (Å²) < 4.78 is 26.1. The molecule has 0 heterocycles. The van der Waals surface area contributed by atoms with Crippen LogP contribution in [0.1, 0.15) is 15.9 Å². The number of rotatable bonds is 3. The third kappa shape index (κ3) is 2.03. The molecular formula is C10H8F2O2. The van der Waals surface area contributed by atoms with Gasteiger partial charge in [-0.15, -0.1) is 0 Å². The molecule has 0 aliphatic carbocycles. The van der Waals surface area contributed by atoms with Crippen molar-refractivity contribution in [1.29, 1.82) is 0 Å². The quantitative estimate of drug-likeness (QED) is 0.751. The third-order valence-electron chi connectivity index (χ3n) is 1.68. The normalized spacial score (nSPS) is 10.8. The van der Waals surface area contributed by atoms with Crippen LogP contribution in [0.3, 0.4) is 0 Å². The van der Waals surface area contributed by atoms with Crippen LogP contribution in [0.15, 0.2) is 18.2 Å². The predicted octanol–water partition coefficient (Wildman–Crippen LogP) is 1.78. The summed E-state index contributed by atoms with van der Waals surface area (Å²) in [5.74, 6) is -1.80. The minimum Gasteiger partial charge on any atom is -0.392 e. The predicted molar refractivity (Wildman–Crippen MR) is 47.9 cm³/mol. The molecule has 0 aliphatic rings. The maximum Gasteiger partial charge on any atom is 0.155 e. The lowest BCUT2D eigenvalue weighted by Crippen LogP contribution is -1.96. The van der Waals surface area contributed by atoms with Gasteiger partial charge in [0.1, 0.15) is 11.6 Å². The summed E-state index contributed by atoms with van der Waals surface area (Å²) in [5.41, 5.74) is -0.521. The smallest absolute Gasteiger partial charge is 0.155 e. The fraction of sp³-hybridized carbons (Fsp3) is 0.100. The Labute approximate surface area is 79.5 Å². The van der Waals surface area contributed by atoms with E-state index in [9.17, 15) is 13.6 Å². The molecule has 0 aliphatic heterocycles. The van der Waals surface area contributed by atoms with Gasteiger partial charge in [-0.3, -0.25) is 4.79 Å². The van der Waals surface area contributed by atoms with Crippen molar-refractivity contribution in [1.82, 2.24) is 0 Å². The van der Waals surface area contributed by atoms with Crippen molar-refractivity contribution in [2.45, 2.75) is 0 Å². The van der Waals surface area contributed by atoms with Crippen LogP contribution in [-0.2, 0) is 0 Å². The van der Waals surface area contributed by atoms with Gasteiger partial charge in [0.25, 0.3) is 0 Å². The molecule has 2 nitrogen and oxygen atoms in total. The second-order valence-corrected chi connectivity index (χ2v) is 2.57. The van der Waals surface area contributed by atoms with E-state index in [0.717, 1.165) is 6.07 Å². The van der Waals surface area contributed by atoms with Crippen LogP contribution in [0.4, 0.5) is 8.78 Å². The molecule has 0 unspecified atom stereocenters. The average molecular weight is 198 g/mol. The Morgan fingerprint density at radius 3 is 2.64 bits per heavy atom. The first-order chi connectivity index (χ1) is 6.70. The summed E-state index contributed by atoms with van der Waals surface area (Å²) in [6.45, 7) is -0.243. The maximum absolute atomic E-state index is 13.3. The van der Waals surface area contributed by atoms with E-state index >= 15 is 0 Å². The molecular weight excluding hydrogens is 190 g/mol. The first-order valence-electron chi connectivity index (χ1n) is 3.91. The van der Waals surface area contributed by atoms with Gasteiger partial charge in [-0.05, 0) is 12.1 Å². The first kappa shape index (κ1) is 10.5. The number of carbonyl (C=O) groups is 1. The van der Waals surface area contributed by atoms with E-state index in [4.69, 9.17) is 5.11 Å². The molecule has 0 atom stereocenters. The van der Waals surface area contributed by atoms with Crippen LogP contribution < -0.4 is 0 Å². The van der Waals surface area contributed by atoms with E-state index in [0.29, 0.717) is 0 Å². The summed E-state index contributed by atoms with van der Waals surface area (Å²) in [5, 5.41) is 8.45. The van der Waals surface area contributed by atoms with Gasteiger partial charge in [-0.25, -0.2) is 8.78 Å². The summed E-state index contributed by atoms with van der Waals surface area (Å²) >= 11 is 0. The lowest BCUT2D eigenvalue weighted by Gasteiger charge is -2.00. The van der Waals surface area contributed by atoms with E-state index in [1.807, 2.05) is 0 Å². The van der Waals surface area contributed by atoms with Crippen molar-refractivity contribution in [2.24, 2.45) is 0 Å². The van der Waals surface area contributed by atoms with Crippen molar-refractivity contribution >= 4 is 12.4 Å². The Balaban J connectivity index is 3.21. The zero-order valence-corrected chi connectivity index (χ0v) is 7.21. The molecule has 0 spiro atoms. The van der Waals surface area contributed by atoms with Crippen molar-refractivity contribution in [2.75, 3.05) is 6.61 Å². The van der Waals surface area contributed by atoms with Gasteiger partial charge in [0.05, 0.1) is 12.2 Å². The molecule has 0 saturated heterocycles. The minimum absolute atomic E-state index is 0.0718. The van der Waals surface area contributed by atoms with Crippen molar-refractivity contribution in [3.63, 3.8) is 0 Å². The highest BCUT2D eigenvalue weighted by Crippen LogP contribution is 2.16. The van der Waals surface area contributed by atoms with Gasteiger partial charge >= 0.3 is 0 Å². The van der Waals surface area contributed by atoms with Crippen molar-refractivity contribution in [3.05, 3.63) is 41.0 Å². The second-order valence-electron chi connectivity index (χ2n) is 2.57. The number of carbonyl (C=O) groups excluding carboxylic acids is 1. The minimum atomic E-state index is -0.912. The number of benzene rings is 1. The standard InChI is InChI=1S/C10H8F2O2/c11-9-4-3-7(2-1-5-13)10(12)8(9)6-14/h1-4,6,13H,5H2. The van der Waals surface area contributed by atoms with Crippen molar-refractivity contribution < 1.29 is 18.7 Å². The molecule has 0 amide bonds. The summed E-state index contributed by atoms with van der Waals surface area (Å²) in [4.78, 5) is 10.3. The van der Waals surface area contributed by atoms with E-state index < -0.39 is 17.2 Å². The molecule has 74 valence electrons. The summed E-state index contributed by atoms with van der Waals surface area (Å²) in [6.07, 6.45) is 2.70. The lowest BCUT2D eigenvalue weighted by atomic mass is 10.1. The Hall–Kier alpha value is -1.55. The summed E-state index contributed by atoms with van der Waals surface area (Å²) in [6, 6.07) is 2.20. The van der Waals surface area contributed by atoms with Crippen LogP contribution >= 0.6 is 0 Å². The number of hydrogen-bond donors (Lipinski definition) is 1. The van der Waals surface area contributed by atoms with Gasteiger partial charge in [0.2, 0.25) is 0 Å². The lowest BCUT2D eigenvalue weighted by molar-refractivity contribution is 0.111. The number of aliphatic hydroxyl groups excluding tert-OH is 1. The Kier molecular flexibility index (Phi) is 3.48. The van der Waals surface area contributed by atoms with Crippen LogP contribution in [0, 0.1) is 11.6 Å². The van der Waals surface area contributed by atoms with E-state index in [1.165, 1.54) is 18.2 Å². The fourth-order valence-corrected chi connectivity index (χ4v) is 1.00. The molecule has 1 N–H and O–H groups in total. The van der Waals surface area contributed by atoms with Gasteiger partial charge < -0.3 is 5.11 Å². The van der Waals surface area contributed by atoms with E-state index in [-0.39, 0.29) is 18.5 Å². The van der Waals surface area contributed by atoms with Crippen LogP contribution in [-0.4, -0.2) is 18.0 Å². The third-order valence-corrected chi connectivity index (χ3v) is 1.68. The van der Waals surface area contributed by atoms with E-state index in [1.54, 1.807) is 0 Å². The van der Waals surface area contributed by atoms with Crippen molar-refractivity contribution in [3.8, 4) is 0 Å². The topological polar surface area (TPSA) is 37.3 Å². The van der Waals surface area contributed by atoms with Gasteiger partial charge in [0.15, 0.2) is 6.29 Å². The van der Waals surface area contributed by atoms with Crippen LogP contribution in [0.25, 0.3) is 6.08 Å². The Morgan fingerprint density at radius 1 is 1.36 bits per heavy atom. The number of aliphatic hydroxyl groups is 1. The summed E-state index contributed by atoms with van der Waals surface area (Å²) in [7, 11) is 0. The molecule has 0 aromatic heterocycles. The highest BCUT2D eigenvalue weighted by molar-refractivity contribution is 5.77. The van der Waals surface area contributed by atoms with Crippen LogP contribution in [0.5, 0.6) is 0 Å². The molecule has 0 saturated carbocycles. The SMILES string of the molecule is O=Cc1c(F)ccc(C=CCO)c1F. The zero-order valence-electron chi connectivity index (χ0n) is 7.21. The van der Waals surface area contributed by atoms with Crippen LogP contribution in [0.2, 0.25) is 0 Å². The highest BCUT2D eigenvalue weighted by Gasteiger charge is 2.10. The first-order valence-corrected chi connectivity index (χ1v) is 3.91. The van der Waals surface area contributed by atoms with E-state index in [2.05, 4.69) is 0 Å². The van der Waals surface area contributed by atoms with Gasteiger partial charge in [-0.2, -0.15) is 0 Å². The molecule has 0 radical (unpaired) electrons. The molecule has 1 aromatic rings. The zero-order chi connectivity index (χ0) is 10.6. The number of halogens is 2. The molecule has 0 fully saturated rings. The molecule has 14 heavy (non-hydrogen) atoms. The highest BCUT2D eigenvalue weighted by atomic mass is 19.1. The molecule has 1 rings (SSSR count). The number of aldehydes is 1. The van der Waals surface area contributed by atoms with Gasteiger partial charge in [-0.1, -0.05) is 12.2 Å². The fourth-order valence-electron chi connectivity index (χ4n) is 1.00. The Bertz CT molecular complexity index is 373. The molecule has 0 bridgehead atoms. The monoisotopic (exact) mass is 198 g/mol. The van der Waals surface area contributed by atoms with Gasteiger partial charge in [0, 0.05) is 5.56 Å². The Morgan fingerprint density at radius 2 is 2.07 bits per heavy atom. The maximum atomic E-state index is 13.3. The largest absolute Gasteiger partial charge is 0.392 e. The molecule has 4 heteroatoms. The second kappa shape index (κ2) is 4.62. The number of hydrogen-bond acceptors (Lipinski definition) is 2. The molecule has 1 aromatic carbocycles.